The third-order valence-corrected chi connectivity index (χ3v) is 2.05. The normalized spacial score (nSPS) is 9.72. The Morgan fingerprint density at radius 3 is 2.28 bits per heavy atom. The second-order valence-electron chi connectivity index (χ2n) is 3.11. The molecule has 8 nitrogen and oxygen atoms in total. The van der Waals surface area contributed by atoms with Crippen LogP contribution in [0.25, 0.3) is 0 Å². The van der Waals surface area contributed by atoms with Gasteiger partial charge in [0.05, 0.1) is 31.8 Å². The van der Waals surface area contributed by atoms with E-state index in [1.54, 1.807) is 0 Å². The molecule has 0 fully saturated rings. The largest absolute Gasteiger partial charge is 0.493 e. The lowest BCUT2D eigenvalue weighted by atomic mass is 10.2. The Bertz CT molecular complexity index is 474. The SMILES string of the molecule is COc1cc(OC(=O)CN)c([N+](=O)[O-])cc1OC. The monoisotopic (exact) mass is 256 g/mol. The summed E-state index contributed by atoms with van der Waals surface area (Å²) in [5, 5.41) is 10.8. The lowest BCUT2D eigenvalue weighted by Crippen LogP contribution is -2.20. The zero-order valence-electron chi connectivity index (χ0n) is 9.84. The second-order valence-corrected chi connectivity index (χ2v) is 3.11. The number of nitrogens with zero attached hydrogens (tertiary/aromatic N) is 1. The third kappa shape index (κ3) is 2.86. The Morgan fingerprint density at radius 2 is 1.83 bits per heavy atom. The van der Waals surface area contributed by atoms with Crippen molar-refractivity contribution in [2.24, 2.45) is 5.73 Å². The fourth-order valence-corrected chi connectivity index (χ4v) is 1.24. The molecular weight excluding hydrogens is 244 g/mol. The predicted molar refractivity (Wildman–Crippen MR) is 60.9 cm³/mol. The zero-order chi connectivity index (χ0) is 13.7. The van der Waals surface area contributed by atoms with Crippen LogP contribution in [0.4, 0.5) is 5.69 Å². The smallest absolute Gasteiger partial charge is 0.325 e. The van der Waals surface area contributed by atoms with E-state index in [0.29, 0.717) is 0 Å². The van der Waals surface area contributed by atoms with E-state index in [9.17, 15) is 14.9 Å². The lowest BCUT2D eigenvalue weighted by molar-refractivity contribution is -0.385. The van der Waals surface area contributed by atoms with Crippen molar-refractivity contribution in [3.8, 4) is 17.2 Å². The number of esters is 1. The van der Waals surface area contributed by atoms with Crippen molar-refractivity contribution >= 4 is 11.7 Å². The molecule has 0 bridgehead atoms. The third-order valence-electron chi connectivity index (χ3n) is 2.05. The van der Waals surface area contributed by atoms with Crippen LogP contribution in [0.3, 0.4) is 0 Å². The molecule has 0 aliphatic rings. The highest BCUT2D eigenvalue weighted by Gasteiger charge is 2.22. The van der Waals surface area contributed by atoms with Gasteiger partial charge in [-0.15, -0.1) is 0 Å². The van der Waals surface area contributed by atoms with Gasteiger partial charge in [-0.2, -0.15) is 0 Å². The molecule has 18 heavy (non-hydrogen) atoms. The first-order valence-corrected chi connectivity index (χ1v) is 4.84. The number of nitrogens with two attached hydrogens (primary N) is 1. The summed E-state index contributed by atoms with van der Waals surface area (Å²) in [5.41, 5.74) is 4.66. The summed E-state index contributed by atoms with van der Waals surface area (Å²) < 4.78 is 14.6. The molecular formula is C10H12N2O6. The molecule has 0 radical (unpaired) electrons. The van der Waals surface area contributed by atoms with Gasteiger partial charge in [0.15, 0.2) is 11.5 Å². The van der Waals surface area contributed by atoms with Gasteiger partial charge in [-0.3, -0.25) is 14.9 Å². The number of carbonyl (C=O) groups excluding carboxylic acids is 1. The maximum Gasteiger partial charge on any atom is 0.325 e. The molecule has 8 heteroatoms. The van der Waals surface area contributed by atoms with Gasteiger partial charge in [-0.1, -0.05) is 0 Å². The van der Waals surface area contributed by atoms with Crippen molar-refractivity contribution in [1.82, 2.24) is 0 Å². The molecule has 1 aromatic carbocycles. The highest BCUT2D eigenvalue weighted by atomic mass is 16.6. The molecule has 0 atom stereocenters. The van der Waals surface area contributed by atoms with Crippen molar-refractivity contribution in [2.45, 2.75) is 0 Å². The predicted octanol–water partition coefficient (Wildman–Crippen LogP) is 0.476. The van der Waals surface area contributed by atoms with Crippen LogP contribution in [0.2, 0.25) is 0 Å². The summed E-state index contributed by atoms with van der Waals surface area (Å²) in [6.07, 6.45) is 0. The molecule has 0 aliphatic carbocycles. The molecule has 0 unspecified atom stereocenters. The molecule has 1 aromatic rings. The highest BCUT2D eigenvalue weighted by molar-refractivity contribution is 5.76. The minimum Gasteiger partial charge on any atom is -0.493 e. The van der Waals surface area contributed by atoms with Crippen LogP contribution in [-0.4, -0.2) is 31.7 Å². The average Bonchev–Trinajstić information content (AvgIpc) is 2.37. The van der Waals surface area contributed by atoms with E-state index in [4.69, 9.17) is 19.9 Å². The molecule has 2 N–H and O–H groups in total. The zero-order valence-corrected chi connectivity index (χ0v) is 9.84. The molecule has 0 aromatic heterocycles. The highest BCUT2D eigenvalue weighted by Crippen LogP contribution is 2.39. The summed E-state index contributed by atoms with van der Waals surface area (Å²) in [6.45, 7) is -0.383. The summed E-state index contributed by atoms with van der Waals surface area (Å²) in [4.78, 5) is 21.2. The van der Waals surface area contributed by atoms with Gasteiger partial charge in [-0.05, 0) is 0 Å². The number of benzene rings is 1. The number of ether oxygens (including phenoxy) is 3. The van der Waals surface area contributed by atoms with E-state index < -0.39 is 16.6 Å². The summed E-state index contributed by atoms with van der Waals surface area (Å²) in [7, 11) is 2.70. The van der Waals surface area contributed by atoms with Crippen LogP contribution in [0, 0.1) is 10.1 Å². The Balaban J connectivity index is 3.28. The molecule has 0 amide bonds. The van der Waals surface area contributed by atoms with Crippen LogP contribution in [-0.2, 0) is 4.79 Å². The van der Waals surface area contributed by atoms with Crippen LogP contribution in [0.15, 0.2) is 12.1 Å². The van der Waals surface area contributed by atoms with Crippen LogP contribution in [0.5, 0.6) is 17.2 Å². The van der Waals surface area contributed by atoms with Gasteiger partial charge in [-0.25, -0.2) is 0 Å². The Kier molecular flexibility index (Phi) is 4.44. The van der Waals surface area contributed by atoms with Gasteiger partial charge in [0.25, 0.3) is 0 Å². The van der Waals surface area contributed by atoms with Crippen molar-refractivity contribution in [1.29, 1.82) is 0 Å². The Hall–Kier alpha value is -2.35. The van der Waals surface area contributed by atoms with E-state index in [-0.39, 0.29) is 23.8 Å². The number of rotatable bonds is 5. The van der Waals surface area contributed by atoms with Crippen LogP contribution < -0.4 is 19.9 Å². The van der Waals surface area contributed by atoms with E-state index in [0.717, 1.165) is 6.07 Å². The van der Waals surface area contributed by atoms with Crippen molar-refractivity contribution in [3.63, 3.8) is 0 Å². The van der Waals surface area contributed by atoms with Gasteiger partial charge in [0.2, 0.25) is 5.75 Å². The first-order valence-electron chi connectivity index (χ1n) is 4.84. The lowest BCUT2D eigenvalue weighted by Gasteiger charge is -2.10. The minimum atomic E-state index is -0.787. The molecule has 0 aliphatic heterocycles. The van der Waals surface area contributed by atoms with Gasteiger partial charge >= 0.3 is 11.7 Å². The number of hydrogen-bond donors (Lipinski definition) is 1. The van der Waals surface area contributed by atoms with E-state index in [1.807, 2.05) is 0 Å². The molecule has 1 rings (SSSR count). The Morgan fingerprint density at radius 1 is 1.28 bits per heavy atom. The average molecular weight is 256 g/mol. The quantitative estimate of drug-likeness (QED) is 0.352. The van der Waals surface area contributed by atoms with E-state index in [1.165, 1.54) is 20.3 Å². The topological polar surface area (TPSA) is 114 Å². The maximum atomic E-state index is 11.1. The van der Waals surface area contributed by atoms with Crippen LogP contribution >= 0.6 is 0 Å². The number of methoxy groups -OCH3 is 2. The molecule has 0 spiro atoms. The summed E-state index contributed by atoms with van der Waals surface area (Å²) in [5.74, 6) is -0.655. The second kappa shape index (κ2) is 5.82. The van der Waals surface area contributed by atoms with Gasteiger partial charge in [0.1, 0.15) is 0 Å². The summed E-state index contributed by atoms with van der Waals surface area (Å²) >= 11 is 0. The minimum absolute atomic E-state index is 0.164. The molecule has 98 valence electrons. The van der Waals surface area contributed by atoms with Gasteiger partial charge in [0, 0.05) is 6.07 Å². The first kappa shape index (κ1) is 13.7. The van der Waals surface area contributed by atoms with Crippen LogP contribution in [0.1, 0.15) is 0 Å². The molecule has 0 saturated heterocycles. The number of carbonyl (C=O) groups is 1. The standard InChI is InChI=1S/C10H12N2O6/c1-16-8-3-6(12(14)15)7(4-9(8)17-2)18-10(13)5-11/h3-4H,5,11H2,1-2H3. The van der Waals surface area contributed by atoms with E-state index in [2.05, 4.69) is 0 Å². The number of nitro benzene ring substituents is 1. The first-order chi connectivity index (χ1) is 8.53. The van der Waals surface area contributed by atoms with Crippen molar-refractivity contribution in [3.05, 3.63) is 22.2 Å². The fourth-order valence-electron chi connectivity index (χ4n) is 1.24. The van der Waals surface area contributed by atoms with Crippen molar-refractivity contribution < 1.29 is 23.9 Å². The molecule has 0 heterocycles. The number of hydrogen-bond acceptors (Lipinski definition) is 7. The number of nitro groups is 1. The Labute approximate surface area is 102 Å². The van der Waals surface area contributed by atoms with Gasteiger partial charge < -0.3 is 19.9 Å². The maximum absolute atomic E-state index is 11.1. The molecule has 0 saturated carbocycles. The van der Waals surface area contributed by atoms with E-state index >= 15 is 0 Å². The fraction of sp³-hybridized carbons (Fsp3) is 0.300. The summed E-state index contributed by atoms with van der Waals surface area (Å²) in [6, 6.07) is 2.31. The van der Waals surface area contributed by atoms with Crippen molar-refractivity contribution in [2.75, 3.05) is 20.8 Å².